The summed E-state index contributed by atoms with van der Waals surface area (Å²) in [6.07, 6.45) is 18.1. The van der Waals surface area contributed by atoms with Gasteiger partial charge < -0.3 is 19.7 Å². The largest absolute Gasteiger partial charge is 0.491 e. The van der Waals surface area contributed by atoms with E-state index in [1.54, 1.807) is 12.4 Å². The van der Waals surface area contributed by atoms with Gasteiger partial charge in [0.15, 0.2) is 0 Å². The number of carbonyl (C=O) groups is 2. The molecule has 2 aliphatic rings. The van der Waals surface area contributed by atoms with E-state index in [9.17, 15) is 19.8 Å². The molecule has 8 rings (SSSR count). The maximum atomic E-state index is 13.0. The monoisotopic (exact) mass is 931 g/mol. The standard InChI is InChI=1S/C30H36N2O3.C29H34N2O3/c1-21(2)35-27-14-10-23(11-15-27)16-26(34)18-28-29(17-22-6-4-3-5-7-22)32-30(19-31-28)25-12-8-24(20-33)9-13-25;1-20(2)34-26-13-9-22(10-14-26)15-25(33)17-27-28(16-21-5-3-4-6-21)31-29(18-30-27)24-11-7-23(19-32)8-12-24/h8-15,19,21-22,33H,3-7,16-18,20H2,1-2H3;7-14,18,20-21,32H,3-6,15-17,19H2,1-2H3. The summed E-state index contributed by atoms with van der Waals surface area (Å²) in [5.74, 6) is 3.13. The molecule has 2 N–H and O–H groups in total. The highest BCUT2D eigenvalue weighted by Crippen LogP contribution is 2.31. The molecule has 2 saturated carbocycles. The van der Waals surface area contributed by atoms with E-state index in [1.165, 1.54) is 57.8 Å². The summed E-state index contributed by atoms with van der Waals surface area (Å²) in [5, 5.41) is 18.6. The van der Waals surface area contributed by atoms with Crippen LogP contribution in [0, 0.1) is 11.8 Å². The van der Waals surface area contributed by atoms with Gasteiger partial charge in [0.1, 0.15) is 23.1 Å². The number of benzene rings is 4. The average molecular weight is 931 g/mol. The lowest BCUT2D eigenvalue weighted by atomic mass is 9.85. The molecule has 0 amide bonds. The van der Waals surface area contributed by atoms with Crippen molar-refractivity contribution in [2.75, 3.05) is 0 Å². The molecular weight excluding hydrogens is 861 g/mol. The minimum absolute atomic E-state index is 0.0212. The number of nitrogens with zero attached hydrogens (tertiary/aromatic N) is 4. The molecule has 2 heterocycles. The third kappa shape index (κ3) is 15.7. The third-order valence-corrected chi connectivity index (χ3v) is 13.0. The molecule has 10 nitrogen and oxygen atoms in total. The third-order valence-electron chi connectivity index (χ3n) is 13.0. The van der Waals surface area contributed by atoms with Crippen LogP contribution in [0.15, 0.2) is 109 Å². The quantitative estimate of drug-likeness (QED) is 0.0759. The van der Waals surface area contributed by atoms with E-state index in [0.717, 1.165) is 91.9 Å². The van der Waals surface area contributed by atoms with Crippen LogP contribution in [0.5, 0.6) is 11.5 Å². The zero-order valence-electron chi connectivity index (χ0n) is 41.0. The van der Waals surface area contributed by atoms with Crippen LogP contribution in [0.3, 0.4) is 0 Å². The highest BCUT2D eigenvalue weighted by molar-refractivity contribution is 5.83. The number of carbonyl (C=O) groups excluding carboxylic acids is 2. The number of ketones is 2. The number of hydrogen-bond acceptors (Lipinski definition) is 10. The number of hydrogen-bond donors (Lipinski definition) is 2. The number of aliphatic hydroxyl groups is 2. The smallest absolute Gasteiger partial charge is 0.143 e. The zero-order chi connectivity index (χ0) is 48.5. The van der Waals surface area contributed by atoms with Crippen molar-refractivity contribution < 1.29 is 29.3 Å². The van der Waals surface area contributed by atoms with Gasteiger partial charge in [-0.3, -0.25) is 19.6 Å². The van der Waals surface area contributed by atoms with Gasteiger partial charge in [-0.15, -0.1) is 0 Å². The minimum atomic E-state index is 0.0212. The van der Waals surface area contributed by atoms with Crippen LogP contribution < -0.4 is 9.47 Å². The molecule has 0 spiro atoms. The van der Waals surface area contributed by atoms with Crippen molar-refractivity contribution in [1.82, 2.24) is 19.9 Å². The van der Waals surface area contributed by atoms with Crippen LogP contribution in [0.25, 0.3) is 22.5 Å². The van der Waals surface area contributed by atoms with Crippen molar-refractivity contribution in [3.63, 3.8) is 0 Å². The van der Waals surface area contributed by atoms with Gasteiger partial charge in [-0.25, -0.2) is 9.97 Å². The van der Waals surface area contributed by atoms with Gasteiger partial charge in [0.05, 0.1) is 84.8 Å². The van der Waals surface area contributed by atoms with Crippen LogP contribution in [-0.4, -0.2) is 53.9 Å². The number of Topliss-reactive ketones (excluding diaryl/α,β-unsaturated/α-hetero) is 2. The van der Waals surface area contributed by atoms with Crippen LogP contribution >= 0.6 is 0 Å². The fourth-order valence-corrected chi connectivity index (χ4v) is 9.39. The van der Waals surface area contributed by atoms with Crippen molar-refractivity contribution in [3.8, 4) is 34.0 Å². The van der Waals surface area contributed by atoms with E-state index in [1.807, 2.05) is 125 Å². The second kappa shape index (κ2) is 25.5. The van der Waals surface area contributed by atoms with Crippen LogP contribution in [0.1, 0.15) is 131 Å². The van der Waals surface area contributed by atoms with Crippen molar-refractivity contribution in [2.45, 2.75) is 149 Å². The maximum absolute atomic E-state index is 13.0. The highest BCUT2D eigenvalue weighted by atomic mass is 16.5. The van der Waals surface area contributed by atoms with E-state index < -0.39 is 0 Å². The first-order valence-corrected chi connectivity index (χ1v) is 25.1. The van der Waals surface area contributed by atoms with Crippen molar-refractivity contribution >= 4 is 11.6 Å². The summed E-state index contributed by atoms with van der Waals surface area (Å²) in [4.78, 5) is 45.3. The van der Waals surface area contributed by atoms with Gasteiger partial charge >= 0.3 is 0 Å². The predicted octanol–water partition coefficient (Wildman–Crippen LogP) is 11.4. The van der Waals surface area contributed by atoms with Gasteiger partial charge in [0, 0.05) is 24.0 Å². The molecular formula is C59H70N4O6. The molecule has 0 saturated heterocycles. The molecule has 0 aliphatic heterocycles. The first-order valence-electron chi connectivity index (χ1n) is 25.1. The van der Waals surface area contributed by atoms with E-state index in [-0.39, 0.29) is 37.0 Å². The van der Waals surface area contributed by atoms with Crippen LogP contribution in [-0.2, 0) is 61.3 Å². The fraction of sp³-hybridized carbons (Fsp3) is 0.424. The lowest BCUT2D eigenvalue weighted by molar-refractivity contribution is -0.118. The van der Waals surface area contributed by atoms with Crippen molar-refractivity contribution in [1.29, 1.82) is 0 Å². The molecule has 4 aromatic carbocycles. The lowest BCUT2D eigenvalue weighted by Crippen LogP contribution is -2.16. The van der Waals surface area contributed by atoms with Gasteiger partial charge in [-0.05, 0) is 98.9 Å². The molecule has 0 unspecified atom stereocenters. The first-order chi connectivity index (χ1) is 33.5. The second-order valence-corrected chi connectivity index (χ2v) is 19.5. The summed E-state index contributed by atoms with van der Waals surface area (Å²) < 4.78 is 11.4. The van der Waals surface area contributed by atoms with Crippen molar-refractivity contribution in [2.24, 2.45) is 11.8 Å². The second-order valence-electron chi connectivity index (χ2n) is 19.5. The Balaban J connectivity index is 0.000000204. The van der Waals surface area contributed by atoms with Gasteiger partial charge in [0.25, 0.3) is 0 Å². The molecule has 6 aromatic rings. The number of rotatable bonds is 20. The van der Waals surface area contributed by atoms with Gasteiger partial charge in [-0.1, -0.05) is 131 Å². The topological polar surface area (TPSA) is 145 Å². The Labute approximate surface area is 409 Å². The molecule has 0 atom stereocenters. The van der Waals surface area contributed by atoms with E-state index in [4.69, 9.17) is 29.4 Å². The summed E-state index contributed by atoms with van der Waals surface area (Å²) in [7, 11) is 0. The molecule has 2 aromatic heterocycles. The average Bonchev–Trinajstić information content (AvgIpc) is 3.87. The van der Waals surface area contributed by atoms with E-state index in [0.29, 0.717) is 37.5 Å². The minimum Gasteiger partial charge on any atom is -0.491 e. The summed E-state index contributed by atoms with van der Waals surface area (Å²) >= 11 is 0. The molecule has 69 heavy (non-hydrogen) atoms. The summed E-state index contributed by atoms with van der Waals surface area (Å²) in [6, 6.07) is 31.0. The van der Waals surface area contributed by atoms with Crippen LogP contribution in [0.4, 0.5) is 0 Å². The number of aliphatic hydroxyl groups excluding tert-OH is 2. The normalized spacial score (nSPS) is 14.1. The zero-order valence-corrected chi connectivity index (χ0v) is 41.0. The van der Waals surface area contributed by atoms with Crippen LogP contribution in [0.2, 0.25) is 0 Å². The van der Waals surface area contributed by atoms with Crippen molar-refractivity contribution in [3.05, 3.63) is 154 Å². The molecule has 0 bridgehead atoms. The Kier molecular flexibility index (Phi) is 18.8. The Bertz CT molecular complexity index is 2550. The van der Waals surface area contributed by atoms with E-state index in [2.05, 4.69) is 0 Å². The molecule has 2 aliphatic carbocycles. The number of aromatic nitrogens is 4. The molecule has 0 radical (unpaired) electrons. The predicted molar refractivity (Wildman–Crippen MR) is 272 cm³/mol. The summed E-state index contributed by atoms with van der Waals surface area (Å²) in [6.45, 7) is 8.03. The Morgan fingerprint density at radius 3 is 1.17 bits per heavy atom. The fourth-order valence-electron chi connectivity index (χ4n) is 9.39. The summed E-state index contributed by atoms with van der Waals surface area (Å²) in [5.41, 5.74) is 10.8. The molecule has 10 heteroatoms. The molecule has 2 fully saturated rings. The van der Waals surface area contributed by atoms with E-state index >= 15 is 0 Å². The van der Waals surface area contributed by atoms with Gasteiger partial charge in [-0.2, -0.15) is 0 Å². The maximum Gasteiger partial charge on any atom is 0.143 e. The Morgan fingerprint density at radius 2 is 0.826 bits per heavy atom. The number of ether oxygens (including phenoxy) is 2. The lowest BCUT2D eigenvalue weighted by Gasteiger charge is -2.22. The Hall–Kier alpha value is -6.10. The SMILES string of the molecule is CC(C)Oc1ccc(CC(=O)Cc2ncc(-c3ccc(CO)cc3)nc2CC2CCCC2)cc1.CC(C)Oc1ccc(CC(=O)Cc2ncc(-c3ccc(CO)cc3)nc2CC2CCCCC2)cc1. The van der Waals surface area contributed by atoms with Gasteiger partial charge in [0.2, 0.25) is 0 Å². The Morgan fingerprint density at radius 1 is 0.478 bits per heavy atom. The highest BCUT2D eigenvalue weighted by Gasteiger charge is 2.22. The first kappa shape index (κ1) is 50.8. The molecule has 362 valence electrons.